The highest BCUT2D eigenvalue weighted by Gasteiger charge is 2.09. The molecule has 0 bridgehead atoms. The van der Waals surface area contributed by atoms with Crippen molar-refractivity contribution in [2.45, 2.75) is 13.8 Å². The van der Waals surface area contributed by atoms with Gasteiger partial charge in [-0.05, 0) is 61.9 Å². The van der Waals surface area contributed by atoms with Crippen molar-refractivity contribution in [1.82, 2.24) is 4.98 Å². The molecule has 0 unspecified atom stereocenters. The van der Waals surface area contributed by atoms with Gasteiger partial charge in [0, 0.05) is 16.0 Å². The zero-order chi connectivity index (χ0) is 18.5. The molecule has 0 radical (unpaired) electrons. The van der Waals surface area contributed by atoms with E-state index in [9.17, 15) is 0 Å². The normalized spacial score (nSPS) is 11.5. The number of benzene rings is 2. The quantitative estimate of drug-likeness (QED) is 0.383. The van der Waals surface area contributed by atoms with Crippen LogP contribution in [0.25, 0.3) is 11.3 Å². The van der Waals surface area contributed by atoms with E-state index in [1.807, 2.05) is 49.6 Å². The molecule has 0 aliphatic heterocycles. The molecule has 0 saturated carbocycles. The highest BCUT2D eigenvalue weighted by molar-refractivity contribution is 7.14. The molecule has 1 aromatic heterocycles. The van der Waals surface area contributed by atoms with Crippen molar-refractivity contribution in [2.24, 2.45) is 5.10 Å². The third-order valence-electron chi connectivity index (χ3n) is 3.61. The highest BCUT2D eigenvalue weighted by atomic mass is 35.5. The van der Waals surface area contributed by atoms with Gasteiger partial charge in [-0.3, -0.25) is 5.43 Å². The number of thiazole rings is 1. The molecule has 1 N–H and O–H groups in total. The number of hydrogen-bond donors (Lipinski definition) is 1. The molecule has 0 saturated heterocycles. The first kappa shape index (κ1) is 18.7. The van der Waals surface area contributed by atoms with Crippen LogP contribution in [0.4, 0.5) is 5.13 Å². The average molecular weight is 406 g/mol. The molecule has 134 valence electrons. The van der Waals surface area contributed by atoms with Crippen LogP contribution in [0.2, 0.25) is 10.0 Å². The maximum Gasteiger partial charge on any atom is 0.203 e. The van der Waals surface area contributed by atoms with Crippen molar-refractivity contribution in [1.29, 1.82) is 0 Å². The Kier molecular flexibility index (Phi) is 6.14. The molecule has 2 aromatic carbocycles. The number of rotatable bonds is 6. The van der Waals surface area contributed by atoms with Gasteiger partial charge in [0.05, 0.1) is 23.0 Å². The van der Waals surface area contributed by atoms with Crippen LogP contribution in [0.5, 0.6) is 5.75 Å². The Morgan fingerprint density at radius 1 is 1.19 bits per heavy atom. The van der Waals surface area contributed by atoms with Gasteiger partial charge in [-0.15, -0.1) is 11.3 Å². The van der Waals surface area contributed by atoms with E-state index < -0.39 is 0 Å². The van der Waals surface area contributed by atoms with Gasteiger partial charge < -0.3 is 4.74 Å². The van der Waals surface area contributed by atoms with Gasteiger partial charge in [0.25, 0.3) is 0 Å². The van der Waals surface area contributed by atoms with E-state index in [-0.39, 0.29) is 0 Å². The minimum atomic E-state index is 0.573. The Morgan fingerprint density at radius 2 is 1.96 bits per heavy atom. The molecular formula is C19H17Cl2N3OS. The Morgan fingerprint density at radius 3 is 2.65 bits per heavy atom. The Balaban J connectivity index is 1.71. The van der Waals surface area contributed by atoms with E-state index in [1.54, 1.807) is 12.1 Å². The van der Waals surface area contributed by atoms with Crippen LogP contribution in [-0.2, 0) is 0 Å². The molecule has 3 rings (SSSR count). The van der Waals surface area contributed by atoms with Crippen LogP contribution in [0.15, 0.2) is 52.9 Å². The van der Waals surface area contributed by atoms with E-state index in [0.29, 0.717) is 21.8 Å². The number of nitrogens with one attached hydrogen (secondary N) is 1. The van der Waals surface area contributed by atoms with E-state index in [2.05, 4.69) is 15.5 Å². The van der Waals surface area contributed by atoms with Gasteiger partial charge in [-0.1, -0.05) is 23.2 Å². The molecule has 4 nitrogen and oxygen atoms in total. The van der Waals surface area contributed by atoms with E-state index in [1.165, 1.54) is 11.3 Å². The van der Waals surface area contributed by atoms with E-state index in [4.69, 9.17) is 27.9 Å². The fraction of sp³-hybridized carbons (Fsp3) is 0.158. The van der Waals surface area contributed by atoms with Crippen molar-refractivity contribution in [3.63, 3.8) is 0 Å². The second kappa shape index (κ2) is 8.54. The number of hydrogen-bond acceptors (Lipinski definition) is 5. The van der Waals surface area contributed by atoms with Crippen LogP contribution in [0.1, 0.15) is 19.4 Å². The van der Waals surface area contributed by atoms with Crippen molar-refractivity contribution >= 4 is 45.4 Å². The summed E-state index contributed by atoms with van der Waals surface area (Å²) in [5.74, 6) is 0.849. The van der Waals surface area contributed by atoms with Crippen molar-refractivity contribution in [3.8, 4) is 17.0 Å². The summed E-state index contributed by atoms with van der Waals surface area (Å²) in [4.78, 5) is 4.53. The number of hydrazone groups is 1. The van der Waals surface area contributed by atoms with Crippen LogP contribution in [0.3, 0.4) is 0 Å². The minimum absolute atomic E-state index is 0.573. The molecule has 0 fully saturated rings. The predicted molar refractivity (Wildman–Crippen MR) is 111 cm³/mol. The molecule has 0 spiro atoms. The Bertz CT molecular complexity index is 923. The summed E-state index contributed by atoms with van der Waals surface area (Å²) in [7, 11) is 0. The smallest absolute Gasteiger partial charge is 0.203 e. The fourth-order valence-corrected chi connectivity index (χ4v) is 3.46. The highest BCUT2D eigenvalue weighted by Crippen LogP contribution is 2.32. The van der Waals surface area contributed by atoms with Crippen molar-refractivity contribution < 1.29 is 4.74 Å². The molecule has 0 aliphatic rings. The number of nitrogens with zero attached hydrogens (tertiary/aromatic N) is 2. The first-order valence-corrected chi connectivity index (χ1v) is 9.65. The van der Waals surface area contributed by atoms with Crippen LogP contribution >= 0.6 is 34.5 Å². The molecule has 1 heterocycles. The lowest BCUT2D eigenvalue weighted by Gasteiger charge is -2.05. The lowest BCUT2D eigenvalue weighted by atomic mass is 10.1. The zero-order valence-corrected chi connectivity index (χ0v) is 16.6. The van der Waals surface area contributed by atoms with Gasteiger partial charge in [-0.25, -0.2) is 4.98 Å². The van der Waals surface area contributed by atoms with Gasteiger partial charge in [0.15, 0.2) is 0 Å². The summed E-state index contributed by atoms with van der Waals surface area (Å²) in [6.45, 7) is 4.55. The van der Waals surface area contributed by atoms with Crippen molar-refractivity contribution in [2.75, 3.05) is 12.0 Å². The zero-order valence-electron chi connectivity index (χ0n) is 14.3. The topological polar surface area (TPSA) is 46.5 Å². The lowest BCUT2D eigenvalue weighted by Crippen LogP contribution is -2.00. The van der Waals surface area contributed by atoms with Gasteiger partial charge in [0.1, 0.15) is 5.75 Å². The molecule has 3 aromatic rings. The van der Waals surface area contributed by atoms with Gasteiger partial charge in [0.2, 0.25) is 5.13 Å². The van der Waals surface area contributed by atoms with E-state index in [0.717, 1.165) is 28.3 Å². The third kappa shape index (κ3) is 4.55. The fourth-order valence-electron chi connectivity index (χ4n) is 2.30. The molecule has 0 aliphatic carbocycles. The maximum absolute atomic E-state index is 6.24. The van der Waals surface area contributed by atoms with Crippen LogP contribution in [-0.4, -0.2) is 17.3 Å². The summed E-state index contributed by atoms with van der Waals surface area (Å²) in [5, 5.41) is 8.20. The van der Waals surface area contributed by atoms with E-state index >= 15 is 0 Å². The summed E-state index contributed by atoms with van der Waals surface area (Å²) in [5.41, 5.74) is 6.49. The molecule has 0 atom stereocenters. The molecule has 0 amide bonds. The minimum Gasteiger partial charge on any atom is -0.494 e. The second-order valence-electron chi connectivity index (χ2n) is 5.43. The SMILES string of the molecule is CCOc1ccc(C(C)=NNc2nc(-c3ccc(Cl)cc3Cl)cs2)cc1. The number of aromatic nitrogens is 1. The molecular weight excluding hydrogens is 389 g/mol. The summed E-state index contributed by atoms with van der Waals surface area (Å²) < 4.78 is 5.45. The molecule has 7 heteroatoms. The van der Waals surface area contributed by atoms with Crippen LogP contribution < -0.4 is 10.2 Å². The lowest BCUT2D eigenvalue weighted by molar-refractivity contribution is 0.340. The van der Waals surface area contributed by atoms with Gasteiger partial charge >= 0.3 is 0 Å². The first-order valence-electron chi connectivity index (χ1n) is 8.01. The second-order valence-corrected chi connectivity index (χ2v) is 7.13. The Labute approximate surface area is 166 Å². The molecule has 26 heavy (non-hydrogen) atoms. The predicted octanol–water partition coefficient (Wildman–Crippen LogP) is 6.35. The first-order chi connectivity index (χ1) is 12.6. The summed E-state index contributed by atoms with van der Waals surface area (Å²) in [6.07, 6.45) is 0. The van der Waals surface area contributed by atoms with Crippen molar-refractivity contribution in [3.05, 3.63) is 63.5 Å². The number of halogens is 2. The average Bonchev–Trinajstić information content (AvgIpc) is 3.09. The maximum atomic E-state index is 6.24. The van der Waals surface area contributed by atoms with Crippen LogP contribution in [0, 0.1) is 0 Å². The number of anilines is 1. The third-order valence-corrected chi connectivity index (χ3v) is 4.91. The standard InChI is InChI=1S/C19H17Cl2N3OS/c1-3-25-15-7-4-13(5-8-15)12(2)23-24-19-22-18(11-26-19)16-9-6-14(20)10-17(16)21/h4-11H,3H2,1-2H3,(H,22,24). The summed E-state index contributed by atoms with van der Waals surface area (Å²) >= 11 is 13.6. The Hall–Kier alpha value is -2.08. The summed E-state index contributed by atoms with van der Waals surface area (Å²) in [6, 6.07) is 13.2. The van der Waals surface area contributed by atoms with Gasteiger partial charge in [-0.2, -0.15) is 5.10 Å². The number of ether oxygens (including phenoxy) is 1. The monoisotopic (exact) mass is 405 g/mol. The largest absolute Gasteiger partial charge is 0.494 e.